The van der Waals surface area contributed by atoms with Gasteiger partial charge in [0, 0.05) is 24.2 Å². The molecule has 2 aromatic rings. The van der Waals surface area contributed by atoms with E-state index in [2.05, 4.69) is 0 Å². The van der Waals surface area contributed by atoms with Crippen molar-refractivity contribution in [1.82, 2.24) is 4.90 Å². The van der Waals surface area contributed by atoms with Crippen molar-refractivity contribution in [1.29, 1.82) is 0 Å². The third-order valence-corrected chi connectivity index (χ3v) is 6.46. The highest BCUT2D eigenvalue weighted by atomic mass is 32.2. The molecule has 4 nitrogen and oxygen atoms in total. The summed E-state index contributed by atoms with van der Waals surface area (Å²) < 4.78 is 52.4. The fraction of sp³-hybridized carbons (Fsp3) is 0.278. The molecule has 2 aromatic carbocycles. The van der Waals surface area contributed by atoms with E-state index in [4.69, 9.17) is 0 Å². The molecule has 1 fully saturated rings. The lowest BCUT2D eigenvalue weighted by Gasteiger charge is -2.20. The fourth-order valence-electron chi connectivity index (χ4n) is 3.04. The quantitative estimate of drug-likeness (QED) is 0.822. The van der Waals surface area contributed by atoms with Crippen LogP contribution >= 0.6 is 0 Å². The fourth-order valence-corrected chi connectivity index (χ4v) is 4.84. The van der Waals surface area contributed by atoms with Crippen LogP contribution in [0.5, 0.6) is 0 Å². The summed E-state index contributed by atoms with van der Waals surface area (Å²) in [5, 5.41) is -0.987. The molecule has 1 amide bonds. The van der Waals surface area contributed by atoms with Gasteiger partial charge in [-0.3, -0.25) is 4.79 Å². The SMILES string of the molecule is O=C(c1cccc(F)c1)N1CCC(c2ccccc2F)S(=O)(=O)CC1. The van der Waals surface area contributed by atoms with Crippen molar-refractivity contribution < 1.29 is 22.0 Å². The second-order valence-corrected chi connectivity index (χ2v) is 8.27. The molecule has 1 unspecified atom stereocenters. The predicted molar refractivity (Wildman–Crippen MR) is 89.8 cm³/mol. The lowest BCUT2D eigenvalue weighted by molar-refractivity contribution is 0.0766. The van der Waals surface area contributed by atoms with Crippen LogP contribution in [0.2, 0.25) is 0 Å². The molecule has 0 bridgehead atoms. The van der Waals surface area contributed by atoms with Crippen molar-refractivity contribution in [3.05, 3.63) is 71.3 Å². The average molecular weight is 365 g/mol. The number of sulfone groups is 1. The number of nitrogens with zero attached hydrogens (tertiary/aromatic N) is 1. The molecular formula is C18H17F2NO3S. The molecule has 3 rings (SSSR count). The Morgan fingerprint density at radius 3 is 2.52 bits per heavy atom. The number of benzene rings is 2. The van der Waals surface area contributed by atoms with Gasteiger partial charge in [-0.2, -0.15) is 0 Å². The van der Waals surface area contributed by atoms with Crippen LogP contribution in [0.4, 0.5) is 8.78 Å². The van der Waals surface area contributed by atoms with Gasteiger partial charge in [-0.1, -0.05) is 24.3 Å². The Hall–Kier alpha value is -2.28. The lowest BCUT2D eigenvalue weighted by Crippen LogP contribution is -2.33. The van der Waals surface area contributed by atoms with Crippen LogP contribution in [0.25, 0.3) is 0 Å². The summed E-state index contributed by atoms with van der Waals surface area (Å²) in [7, 11) is -3.60. The summed E-state index contributed by atoms with van der Waals surface area (Å²) in [6.45, 7) is 0.163. The largest absolute Gasteiger partial charge is 0.338 e. The van der Waals surface area contributed by atoms with E-state index in [1.54, 1.807) is 6.07 Å². The van der Waals surface area contributed by atoms with E-state index in [0.29, 0.717) is 0 Å². The molecule has 1 atom stereocenters. The predicted octanol–water partition coefficient (Wildman–Crippen LogP) is 2.97. The molecule has 1 aliphatic rings. The normalized spacial score (nSPS) is 20.1. The van der Waals surface area contributed by atoms with E-state index in [1.807, 2.05) is 0 Å². The van der Waals surface area contributed by atoms with Gasteiger partial charge in [0.05, 0.1) is 11.0 Å². The van der Waals surface area contributed by atoms with Gasteiger partial charge in [0.25, 0.3) is 5.91 Å². The lowest BCUT2D eigenvalue weighted by atomic mass is 10.1. The minimum atomic E-state index is -3.60. The highest BCUT2D eigenvalue weighted by Gasteiger charge is 2.34. The summed E-state index contributed by atoms with van der Waals surface area (Å²) in [5.74, 6) is -1.78. The minimum Gasteiger partial charge on any atom is -0.338 e. The van der Waals surface area contributed by atoms with Gasteiger partial charge < -0.3 is 4.90 Å². The molecule has 0 radical (unpaired) electrons. The number of hydrogen-bond donors (Lipinski definition) is 0. The first-order chi connectivity index (χ1) is 11.9. The van der Waals surface area contributed by atoms with Crippen molar-refractivity contribution in [3.63, 3.8) is 0 Å². The molecule has 1 heterocycles. The van der Waals surface area contributed by atoms with Crippen molar-refractivity contribution in [2.24, 2.45) is 0 Å². The van der Waals surface area contributed by atoms with Crippen LogP contribution in [-0.4, -0.2) is 38.1 Å². The maximum atomic E-state index is 14.0. The molecule has 1 saturated heterocycles. The molecule has 0 spiro atoms. The topological polar surface area (TPSA) is 54.5 Å². The maximum absolute atomic E-state index is 14.0. The van der Waals surface area contributed by atoms with E-state index >= 15 is 0 Å². The number of hydrogen-bond acceptors (Lipinski definition) is 3. The molecule has 0 aliphatic carbocycles. The number of carbonyl (C=O) groups is 1. The maximum Gasteiger partial charge on any atom is 0.253 e. The van der Waals surface area contributed by atoms with Gasteiger partial charge in [0.2, 0.25) is 0 Å². The minimum absolute atomic E-state index is 0.00261. The molecule has 1 aliphatic heterocycles. The molecular weight excluding hydrogens is 348 g/mol. The number of carbonyl (C=O) groups excluding carboxylic acids is 1. The number of halogens is 2. The van der Waals surface area contributed by atoms with Crippen molar-refractivity contribution in [3.8, 4) is 0 Å². The van der Waals surface area contributed by atoms with E-state index in [9.17, 15) is 22.0 Å². The van der Waals surface area contributed by atoms with Gasteiger partial charge in [-0.15, -0.1) is 0 Å². The number of rotatable bonds is 2. The highest BCUT2D eigenvalue weighted by molar-refractivity contribution is 7.91. The van der Waals surface area contributed by atoms with Crippen LogP contribution < -0.4 is 0 Å². The third kappa shape index (κ3) is 3.71. The first-order valence-corrected chi connectivity index (χ1v) is 9.61. The van der Waals surface area contributed by atoms with Crippen molar-refractivity contribution in [2.75, 3.05) is 18.8 Å². The smallest absolute Gasteiger partial charge is 0.253 e. The molecule has 7 heteroatoms. The molecule has 0 N–H and O–H groups in total. The van der Waals surface area contributed by atoms with E-state index in [0.717, 1.165) is 6.07 Å². The van der Waals surface area contributed by atoms with Gasteiger partial charge in [0.15, 0.2) is 9.84 Å². The third-order valence-electron chi connectivity index (χ3n) is 4.35. The standard InChI is InChI=1S/C18H17F2NO3S/c19-14-5-3-4-13(12-14)18(22)21-9-8-17(25(23,24)11-10-21)15-6-1-2-7-16(15)20/h1-7,12,17H,8-11H2. The Labute approximate surface area is 145 Å². The molecule has 0 aromatic heterocycles. The summed E-state index contributed by atoms with van der Waals surface area (Å²) in [6, 6.07) is 11.1. The Kier molecular flexibility index (Phi) is 4.85. The zero-order valence-corrected chi connectivity index (χ0v) is 14.2. The van der Waals surface area contributed by atoms with Gasteiger partial charge in [0.1, 0.15) is 11.6 Å². The van der Waals surface area contributed by atoms with E-state index in [-0.39, 0.29) is 36.4 Å². The van der Waals surface area contributed by atoms with Crippen LogP contribution in [-0.2, 0) is 9.84 Å². The highest BCUT2D eigenvalue weighted by Crippen LogP contribution is 2.31. The Morgan fingerprint density at radius 1 is 1.04 bits per heavy atom. The van der Waals surface area contributed by atoms with Crippen LogP contribution in [0.15, 0.2) is 48.5 Å². The summed E-state index contributed by atoms with van der Waals surface area (Å²) in [4.78, 5) is 13.9. The van der Waals surface area contributed by atoms with Crippen LogP contribution in [0.1, 0.15) is 27.6 Å². The van der Waals surface area contributed by atoms with Crippen molar-refractivity contribution >= 4 is 15.7 Å². The second kappa shape index (κ2) is 6.92. The monoisotopic (exact) mass is 365 g/mol. The zero-order chi connectivity index (χ0) is 18.0. The summed E-state index contributed by atoms with van der Waals surface area (Å²) in [5.41, 5.74) is 0.296. The van der Waals surface area contributed by atoms with Gasteiger partial charge >= 0.3 is 0 Å². The van der Waals surface area contributed by atoms with Crippen LogP contribution in [0, 0.1) is 11.6 Å². The molecule has 132 valence electrons. The summed E-state index contributed by atoms with van der Waals surface area (Å²) >= 11 is 0. The first kappa shape index (κ1) is 17.5. The van der Waals surface area contributed by atoms with Crippen molar-refractivity contribution in [2.45, 2.75) is 11.7 Å². The Bertz CT molecular complexity index is 899. The summed E-state index contributed by atoms with van der Waals surface area (Å²) in [6.07, 6.45) is 0.102. The molecule has 0 saturated carbocycles. The molecule has 25 heavy (non-hydrogen) atoms. The average Bonchev–Trinajstić information content (AvgIpc) is 2.73. The number of amides is 1. The van der Waals surface area contributed by atoms with Gasteiger partial charge in [-0.05, 0) is 30.7 Å². The van der Waals surface area contributed by atoms with Gasteiger partial charge in [-0.25, -0.2) is 17.2 Å². The first-order valence-electron chi connectivity index (χ1n) is 7.89. The Morgan fingerprint density at radius 2 is 1.80 bits per heavy atom. The van der Waals surface area contributed by atoms with E-state index in [1.165, 1.54) is 41.3 Å². The zero-order valence-electron chi connectivity index (χ0n) is 13.4. The Balaban J connectivity index is 1.85. The second-order valence-electron chi connectivity index (χ2n) is 5.97. The van der Waals surface area contributed by atoms with Crippen LogP contribution in [0.3, 0.4) is 0 Å². The van der Waals surface area contributed by atoms with E-state index < -0.39 is 32.6 Å².